The molecule has 100 valence electrons. The Labute approximate surface area is 125 Å². The van der Waals surface area contributed by atoms with Gasteiger partial charge in [-0.2, -0.15) is 0 Å². The first-order chi connectivity index (χ1) is 9.08. The Morgan fingerprint density at radius 2 is 2.05 bits per heavy atom. The van der Waals surface area contributed by atoms with E-state index in [4.69, 9.17) is 39.2 Å². The zero-order chi connectivity index (χ0) is 14.0. The summed E-state index contributed by atoms with van der Waals surface area (Å²) in [6.45, 7) is 3.88. The maximum atomic E-state index is 6.28. The summed E-state index contributed by atoms with van der Waals surface area (Å²) >= 11 is 18.1. The van der Waals surface area contributed by atoms with Crippen molar-refractivity contribution in [3.05, 3.63) is 33.2 Å². The van der Waals surface area contributed by atoms with Crippen molar-refractivity contribution in [3.63, 3.8) is 0 Å². The largest absolute Gasteiger partial charge is 0.451 e. The lowest BCUT2D eigenvalue weighted by atomic mass is 10.3. The van der Waals surface area contributed by atoms with Crippen LogP contribution in [-0.4, -0.2) is 9.97 Å². The van der Waals surface area contributed by atoms with Crippen LogP contribution in [0.2, 0.25) is 10.4 Å². The highest BCUT2D eigenvalue weighted by atomic mass is 35.5. The van der Waals surface area contributed by atoms with Gasteiger partial charge in [0.2, 0.25) is 5.28 Å². The Morgan fingerprint density at radius 1 is 1.32 bits per heavy atom. The average molecular weight is 318 g/mol. The summed E-state index contributed by atoms with van der Waals surface area (Å²) in [5.41, 5.74) is 1.54. The van der Waals surface area contributed by atoms with Crippen LogP contribution in [0.1, 0.15) is 20.3 Å². The van der Waals surface area contributed by atoms with Gasteiger partial charge in [0.15, 0.2) is 10.7 Å². The van der Waals surface area contributed by atoms with Crippen LogP contribution in [0.15, 0.2) is 16.6 Å². The number of furan rings is 1. The van der Waals surface area contributed by atoms with E-state index >= 15 is 0 Å². The summed E-state index contributed by atoms with van der Waals surface area (Å²) in [5, 5.41) is 1.44. The summed E-state index contributed by atoms with van der Waals surface area (Å²) < 4.78 is 5.68. The third-order valence-electron chi connectivity index (χ3n) is 2.43. The van der Waals surface area contributed by atoms with E-state index in [1.165, 1.54) is 0 Å². The lowest BCUT2D eigenvalue weighted by molar-refractivity contribution is 0.572. The minimum absolute atomic E-state index is 0.0625. The van der Waals surface area contributed by atoms with Crippen molar-refractivity contribution in [2.24, 2.45) is 0 Å². The highest BCUT2D eigenvalue weighted by molar-refractivity contribution is 6.47. The zero-order valence-electron chi connectivity index (χ0n) is 10.4. The Balaban J connectivity index is 3.06. The lowest BCUT2D eigenvalue weighted by Gasteiger charge is -1.92. The van der Waals surface area contributed by atoms with Crippen molar-refractivity contribution in [1.29, 1.82) is 0 Å². The molecule has 3 nitrogen and oxygen atoms in total. The molecule has 0 atom stereocenters. The number of hydrogen-bond donors (Lipinski definition) is 0. The number of rotatable bonds is 2. The molecule has 19 heavy (non-hydrogen) atoms. The van der Waals surface area contributed by atoms with E-state index in [1.807, 2.05) is 26.0 Å². The molecule has 0 aliphatic carbocycles. The van der Waals surface area contributed by atoms with Gasteiger partial charge in [0.1, 0.15) is 10.9 Å². The summed E-state index contributed by atoms with van der Waals surface area (Å²) in [5.74, 6) is 0. The number of fused-ring (bicyclic) bond motifs is 1. The summed E-state index contributed by atoms with van der Waals surface area (Å²) in [4.78, 5) is 8.02. The molecule has 2 rings (SSSR count). The molecule has 2 aromatic heterocycles. The van der Waals surface area contributed by atoms with Crippen LogP contribution in [0.5, 0.6) is 0 Å². The zero-order valence-corrected chi connectivity index (χ0v) is 12.6. The van der Waals surface area contributed by atoms with Gasteiger partial charge in [0.05, 0.1) is 10.3 Å². The molecule has 0 radical (unpaired) electrons. The Hall–Kier alpha value is -1.03. The van der Waals surface area contributed by atoms with Crippen molar-refractivity contribution < 1.29 is 4.42 Å². The van der Waals surface area contributed by atoms with E-state index in [0.29, 0.717) is 26.8 Å². The predicted octanol–water partition coefficient (Wildman–Crippen LogP) is 3.64. The predicted molar refractivity (Wildman–Crippen MR) is 79.9 cm³/mol. The summed E-state index contributed by atoms with van der Waals surface area (Å²) in [6, 6.07) is 0. The fraction of sp³-hybridized carbons (Fsp3) is 0.231. The van der Waals surface area contributed by atoms with Crippen LogP contribution >= 0.6 is 34.8 Å². The monoisotopic (exact) mass is 316 g/mol. The average Bonchev–Trinajstić information content (AvgIpc) is 2.68. The van der Waals surface area contributed by atoms with Crippen LogP contribution in [0.25, 0.3) is 22.2 Å². The highest BCUT2D eigenvalue weighted by Crippen LogP contribution is 2.19. The quantitative estimate of drug-likeness (QED) is 0.627. The van der Waals surface area contributed by atoms with E-state index in [-0.39, 0.29) is 10.4 Å². The molecular weight excluding hydrogens is 307 g/mol. The molecule has 2 aromatic rings. The van der Waals surface area contributed by atoms with Crippen LogP contribution in [0.3, 0.4) is 0 Å². The number of nitrogens with zero attached hydrogens (tertiary/aromatic N) is 2. The Bertz CT molecular complexity index is 762. The van der Waals surface area contributed by atoms with E-state index in [0.717, 1.165) is 6.42 Å². The third kappa shape index (κ3) is 2.78. The van der Waals surface area contributed by atoms with Gasteiger partial charge in [0, 0.05) is 0 Å². The molecule has 6 heteroatoms. The lowest BCUT2D eigenvalue weighted by Crippen LogP contribution is -2.22. The minimum atomic E-state index is 0.0625. The maximum Gasteiger partial charge on any atom is 0.224 e. The molecule has 0 saturated heterocycles. The normalized spacial score (nSPS) is 14.7. The fourth-order valence-electron chi connectivity index (χ4n) is 1.72. The van der Waals surface area contributed by atoms with Gasteiger partial charge in [-0.1, -0.05) is 36.2 Å². The molecule has 0 N–H and O–H groups in total. The molecule has 0 fully saturated rings. The smallest absolute Gasteiger partial charge is 0.224 e. The molecule has 2 heterocycles. The van der Waals surface area contributed by atoms with E-state index < -0.39 is 0 Å². The van der Waals surface area contributed by atoms with Gasteiger partial charge in [-0.3, -0.25) is 0 Å². The molecule has 0 saturated carbocycles. The van der Waals surface area contributed by atoms with Crippen LogP contribution in [0.4, 0.5) is 0 Å². The maximum absolute atomic E-state index is 6.28. The van der Waals surface area contributed by atoms with Gasteiger partial charge in [-0.25, -0.2) is 9.97 Å². The van der Waals surface area contributed by atoms with Gasteiger partial charge in [-0.05, 0) is 37.1 Å². The van der Waals surface area contributed by atoms with E-state index in [2.05, 4.69) is 9.97 Å². The molecule has 0 aliphatic heterocycles. The summed E-state index contributed by atoms with van der Waals surface area (Å²) in [6.07, 6.45) is 6.31. The molecule has 0 aromatic carbocycles. The van der Waals surface area contributed by atoms with Gasteiger partial charge in [0.25, 0.3) is 0 Å². The Morgan fingerprint density at radius 3 is 2.68 bits per heavy atom. The molecule has 0 bridgehead atoms. The number of aromatic nitrogens is 2. The molecule has 0 spiro atoms. The van der Waals surface area contributed by atoms with Crippen molar-refractivity contribution in [1.82, 2.24) is 9.97 Å². The number of halogens is 3. The van der Waals surface area contributed by atoms with Gasteiger partial charge < -0.3 is 4.42 Å². The topological polar surface area (TPSA) is 38.9 Å². The van der Waals surface area contributed by atoms with E-state index in [9.17, 15) is 0 Å². The SMILES string of the molecule is C\C=C/C(Cl)=c1\c(=C/CC)oc2c(Cl)nc(Cl)nc12. The second kappa shape index (κ2) is 5.95. The van der Waals surface area contributed by atoms with Gasteiger partial charge >= 0.3 is 0 Å². The first-order valence-electron chi connectivity index (χ1n) is 5.72. The van der Waals surface area contributed by atoms with Crippen LogP contribution in [-0.2, 0) is 0 Å². The minimum Gasteiger partial charge on any atom is -0.451 e. The summed E-state index contributed by atoms with van der Waals surface area (Å²) in [7, 11) is 0. The van der Waals surface area contributed by atoms with Crippen LogP contribution in [0, 0.1) is 0 Å². The van der Waals surface area contributed by atoms with Crippen molar-refractivity contribution in [2.45, 2.75) is 20.3 Å². The fourth-order valence-corrected chi connectivity index (χ4v) is 2.45. The molecule has 0 unspecified atom stereocenters. The van der Waals surface area contributed by atoms with Crippen LogP contribution < -0.4 is 10.6 Å². The Kier molecular flexibility index (Phi) is 4.50. The molecule has 0 amide bonds. The highest BCUT2D eigenvalue weighted by Gasteiger charge is 2.13. The standard InChI is InChI=1S/C13H11Cl3N2O/c1-3-5-7(14)9-8(6-4-2)19-11-10(9)17-13(16)18-12(11)15/h3,5-6H,4H2,1-2H3/b5-3-,8-6+,9-7-. The molecule has 0 aliphatic rings. The second-order valence-electron chi connectivity index (χ2n) is 3.76. The first-order valence-corrected chi connectivity index (χ1v) is 6.86. The first kappa shape index (κ1) is 14.4. The van der Waals surface area contributed by atoms with E-state index in [1.54, 1.807) is 6.08 Å². The van der Waals surface area contributed by atoms with Gasteiger partial charge in [-0.15, -0.1) is 0 Å². The second-order valence-corrected chi connectivity index (χ2v) is 4.87. The van der Waals surface area contributed by atoms with Crippen molar-refractivity contribution in [3.8, 4) is 0 Å². The third-order valence-corrected chi connectivity index (χ3v) is 3.17. The number of allylic oxidation sites excluding steroid dienone is 2. The van der Waals surface area contributed by atoms with Crippen molar-refractivity contribution >= 4 is 57.0 Å². The molecular formula is C13H11Cl3N2O. The number of hydrogen-bond acceptors (Lipinski definition) is 3. The van der Waals surface area contributed by atoms with Crippen molar-refractivity contribution in [2.75, 3.05) is 0 Å².